The molecule has 2 atom stereocenters. The van der Waals surface area contributed by atoms with Gasteiger partial charge in [0.25, 0.3) is 0 Å². The summed E-state index contributed by atoms with van der Waals surface area (Å²) in [6.45, 7) is 9.72. The predicted octanol–water partition coefficient (Wildman–Crippen LogP) is 3.59. The van der Waals surface area contributed by atoms with Crippen LogP contribution in [0.2, 0.25) is 0 Å². The number of rotatable bonds is 4. The number of benzene rings is 1. The van der Waals surface area contributed by atoms with Crippen molar-refractivity contribution >= 4 is 29.2 Å². The second-order valence-corrected chi connectivity index (χ2v) is 8.24. The minimum Gasteiger partial charge on any atom is -0.369 e. The summed E-state index contributed by atoms with van der Waals surface area (Å²) in [5.41, 5.74) is 8.68. The van der Waals surface area contributed by atoms with E-state index in [0.717, 1.165) is 18.8 Å². The van der Waals surface area contributed by atoms with Crippen LogP contribution < -0.4 is 10.6 Å². The minimum absolute atomic E-state index is 0.630. The maximum atomic E-state index is 6.01. The van der Waals surface area contributed by atoms with Gasteiger partial charge in [0.15, 0.2) is 0 Å². The summed E-state index contributed by atoms with van der Waals surface area (Å²) >= 11 is 3.98. The molecule has 1 heterocycles. The third kappa shape index (κ3) is 3.61. The van der Waals surface area contributed by atoms with Crippen molar-refractivity contribution < 1.29 is 0 Å². The monoisotopic (exact) mass is 296 g/mol. The Morgan fingerprint density at radius 2 is 2.00 bits per heavy atom. The zero-order valence-electron chi connectivity index (χ0n) is 12.1. The van der Waals surface area contributed by atoms with Crippen LogP contribution in [0.1, 0.15) is 26.3 Å². The maximum absolute atomic E-state index is 6.01. The Labute approximate surface area is 125 Å². The van der Waals surface area contributed by atoms with Crippen LogP contribution >= 0.6 is 23.5 Å². The van der Waals surface area contributed by atoms with Crippen LogP contribution in [0, 0.1) is 0 Å². The molecular formula is C15H24N2S2. The highest BCUT2D eigenvalue weighted by Crippen LogP contribution is 2.34. The second kappa shape index (κ2) is 6.91. The summed E-state index contributed by atoms with van der Waals surface area (Å²) in [4.78, 5) is 3.87. The van der Waals surface area contributed by atoms with Crippen molar-refractivity contribution in [2.45, 2.75) is 42.7 Å². The lowest BCUT2D eigenvalue weighted by atomic mass is 10.1. The fourth-order valence-electron chi connectivity index (χ4n) is 2.72. The Kier molecular flexibility index (Phi) is 5.48. The molecule has 1 aromatic rings. The summed E-state index contributed by atoms with van der Waals surface area (Å²) in [5.74, 6) is 1.10. The minimum atomic E-state index is 0.630. The molecule has 106 valence electrons. The van der Waals surface area contributed by atoms with Crippen LogP contribution in [-0.4, -0.2) is 29.3 Å². The predicted molar refractivity (Wildman–Crippen MR) is 89.5 cm³/mol. The van der Waals surface area contributed by atoms with Crippen LogP contribution in [0.4, 0.5) is 5.69 Å². The van der Waals surface area contributed by atoms with E-state index >= 15 is 0 Å². The lowest BCUT2D eigenvalue weighted by Crippen LogP contribution is -2.41. The van der Waals surface area contributed by atoms with Crippen molar-refractivity contribution in [1.29, 1.82) is 0 Å². The number of hydrogen-bond acceptors (Lipinski definition) is 4. The molecule has 1 aromatic carbocycles. The molecule has 1 saturated heterocycles. The Morgan fingerprint density at radius 3 is 2.58 bits per heavy atom. The first-order valence-electron chi connectivity index (χ1n) is 7.00. The van der Waals surface area contributed by atoms with Gasteiger partial charge in [-0.1, -0.05) is 26.8 Å². The van der Waals surface area contributed by atoms with Gasteiger partial charge in [-0.05, 0) is 17.9 Å². The molecule has 1 fully saturated rings. The molecule has 0 aliphatic carbocycles. The normalized spacial score (nSPS) is 23.7. The van der Waals surface area contributed by atoms with Crippen LogP contribution in [0.15, 0.2) is 23.1 Å². The largest absolute Gasteiger partial charge is 0.369 e. The summed E-state index contributed by atoms with van der Waals surface area (Å²) in [6, 6.07) is 6.60. The summed E-state index contributed by atoms with van der Waals surface area (Å²) in [7, 11) is 0. The van der Waals surface area contributed by atoms with Gasteiger partial charge in [0, 0.05) is 46.3 Å². The Bertz CT molecular complexity index is 413. The fraction of sp³-hybridized carbons (Fsp3) is 0.600. The summed E-state index contributed by atoms with van der Waals surface area (Å²) < 4.78 is 0. The van der Waals surface area contributed by atoms with E-state index in [1.54, 1.807) is 0 Å². The van der Waals surface area contributed by atoms with E-state index in [4.69, 9.17) is 5.73 Å². The highest BCUT2D eigenvalue weighted by molar-refractivity contribution is 8.00. The first-order valence-corrected chi connectivity index (χ1v) is 8.93. The highest BCUT2D eigenvalue weighted by atomic mass is 32.2. The van der Waals surface area contributed by atoms with Gasteiger partial charge in [0.05, 0.1) is 0 Å². The molecule has 0 saturated carbocycles. The second-order valence-electron chi connectivity index (χ2n) is 5.05. The standard InChI is InChI=1S/C15H24N2S2/c1-4-18-15-7-5-6-14(13(15)8-16)17-9-11(2)19-12(3)10-17/h5-7,11-12H,4,8-10,16H2,1-3H3. The lowest BCUT2D eigenvalue weighted by molar-refractivity contribution is 0.722. The smallest absolute Gasteiger partial charge is 0.0423 e. The van der Waals surface area contributed by atoms with Gasteiger partial charge in [-0.25, -0.2) is 0 Å². The first kappa shape index (κ1) is 15.1. The van der Waals surface area contributed by atoms with Crippen molar-refractivity contribution in [2.75, 3.05) is 23.7 Å². The maximum Gasteiger partial charge on any atom is 0.0423 e. The molecule has 0 radical (unpaired) electrons. The van der Waals surface area contributed by atoms with E-state index in [1.807, 2.05) is 11.8 Å². The average Bonchev–Trinajstić information content (AvgIpc) is 2.37. The summed E-state index contributed by atoms with van der Waals surface area (Å²) in [6.07, 6.45) is 0. The van der Waals surface area contributed by atoms with Crippen LogP contribution in [0.5, 0.6) is 0 Å². The number of hydrogen-bond donors (Lipinski definition) is 1. The molecule has 0 bridgehead atoms. The molecule has 1 aliphatic rings. The molecule has 0 spiro atoms. The van der Waals surface area contributed by atoms with Crippen molar-refractivity contribution in [3.63, 3.8) is 0 Å². The van der Waals surface area contributed by atoms with Gasteiger partial charge in [0.2, 0.25) is 0 Å². The molecule has 19 heavy (non-hydrogen) atoms. The summed E-state index contributed by atoms with van der Waals surface area (Å²) in [5, 5.41) is 1.38. The van der Waals surface area contributed by atoms with Crippen molar-refractivity contribution in [3.8, 4) is 0 Å². The number of nitrogens with two attached hydrogens (primary N) is 1. The SMILES string of the molecule is CCSc1cccc(N2CC(C)SC(C)C2)c1CN. The third-order valence-corrected chi connectivity index (χ3v) is 5.58. The molecule has 4 heteroatoms. The van der Waals surface area contributed by atoms with E-state index in [2.05, 4.69) is 55.6 Å². The lowest BCUT2D eigenvalue weighted by Gasteiger charge is -2.37. The topological polar surface area (TPSA) is 29.3 Å². The van der Waals surface area contributed by atoms with Crippen molar-refractivity contribution in [1.82, 2.24) is 0 Å². The molecular weight excluding hydrogens is 272 g/mol. The molecule has 2 rings (SSSR count). The Balaban J connectivity index is 2.30. The number of anilines is 1. The molecule has 2 unspecified atom stereocenters. The highest BCUT2D eigenvalue weighted by Gasteiger charge is 2.24. The fourth-order valence-corrected chi connectivity index (χ4v) is 4.89. The van der Waals surface area contributed by atoms with E-state index in [9.17, 15) is 0 Å². The zero-order chi connectivity index (χ0) is 13.8. The quantitative estimate of drug-likeness (QED) is 0.860. The van der Waals surface area contributed by atoms with Crippen LogP contribution in [-0.2, 0) is 6.54 Å². The Hall–Kier alpha value is -0.320. The van der Waals surface area contributed by atoms with Gasteiger partial charge in [0.1, 0.15) is 0 Å². The third-order valence-electron chi connectivity index (χ3n) is 3.37. The average molecular weight is 297 g/mol. The van der Waals surface area contributed by atoms with E-state index in [-0.39, 0.29) is 0 Å². The molecule has 0 aromatic heterocycles. The van der Waals surface area contributed by atoms with Crippen molar-refractivity contribution in [2.24, 2.45) is 5.73 Å². The van der Waals surface area contributed by atoms with Gasteiger partial charge >= 0.3 is 0 Å². The number of thioether (sulfide) groups is 2. The number of nitrogens with zero attached hydrogens (tertiary/aromatic N) is 1. The molecule has 2 N–H and O–H groups in total. The first-order chi connectivity index (χ1) is 9.15. The Morgan fingerprint density at radius 1 is 1.32 bits per heavy atom. The van der Waals surface area contributed by atoms with E-state index in [0.29, 0.717) is 17.0 Å². The van der Waals surface area contributed by atoms with Gasteiger partial charge in [-0.3, -0.25) is 0 Å². The molecule has 1 aliphatic heterocycles. The van der Waals surface area contributed by atoms with Gasteiger partial charge < -0.3 is 10.6 Å². The van der Waals surface area contributed by atoms with E-state index < -0.39 is 0 Å². The van der Waals surface area contributed by atoms with Crippen molar-refractivity contribution in [3.05, 3.63) is 23.8 Å². The van der Waals surface area contributed by atoms with Gasteiger partial charge in [-0.2, -0.15) is 11.8 Å². The molecule has 2 nitrogen and oxygen atoms in total. The van der Waals surface area contributed by atoms with Crippen LogP contribution in [0.25, 0.3) is 0 Å². The van der Waals surface area contributed by atoms with E-state index in [1.165, 1.54) is 16.1 Å². The molecule has 0 amide bonds. The van der Waals surface area contributed by atoms with Gasteiger partial charge in [-0.15, -0.1) is 11.8 Å². The van der Waals surface area contributed by atoms with Crippen LogP contribution in [0.3, 0.4) is 0 Å². The zero-order valence-corrected chi connectivity index (χ0v) is 13.7.